The van der Waals surface area contributed by atoms with Crippen molar-refractivity contribution < 1.29 is 9.59 Å². The minimum absolute atomic E-state index is 0.129. The van der Waals surface area contributed by atoms with Crippen LogP contribution < -0.4 is 5.32 Å². The van der Waals surface area contributed by atoms with E-state index in [0.717, 1.165) is 29.5 Å². The van der Waals surface area contributed by atoms with E-state index in [4.69, 9.17) is 0 Å². The lowest BCUT2D eigenvalue weighted by atomic mass is 9.72. The molecule has 2 aliphatic carbocycles. The molecule has 2 saturated carbocycles. The number of carbonyl (C=O) groups is 2. The zero-order chi connectivity index (χ0) is 22.8. The number of amides is 2. The van der Waals surface area contributed by atoms with Gasteiger partial charge in [-0.3, -0.25) is 14.6 Å². The lowest BCUT2D eigenvalue weighted by molar-refractivity contribution is -0.141. The monoisotopic (exact) mass is 445 g/mol. The first kappa shape index (κ1) is 22.1. The molecule has 1 saturated heterocycles. The number of nitrogens with zero attached hydrogens (tertiary/aromatic N) is 2. The van der Waals surface area contributed by atoms with E-state index in [0.29, 0.717) is 43.8 Å². The van der Waals surface area contributed by atoms with Crippen LogP contribution >= 0.6 is 0 Å². The minimum Gasteiger partial charge on any atom is -0.356 e. The van der Waals surface area contributed by atoms with E-state index in [9.17, 15) is 9.59 Å². The number of hydrogen-bond donors (Lipinski definition) is 1. The molecule has 3 atom stereocenters. The molecule has 0 bridgehead atoms. The normalized spacial score (nSPS) is 25.7. The van der Waals surface area contributed by atoms with Crippen molar-refractivity contribution in [3.05, 3.63) is 54.4 Å². The van der Waals surface area contributed by atoms with Crippen molar-refractivity contribution in [2.45, 2.75) is 51.9 Å². The summed E-state index contributed by atoms with van der Waals surface area (Å²) in [6.07, 6.45) is 10.8. The van der Waals surface area contributed by atoms with E-state index in [1.807, 2.05) is 19.2 Å². The quantitative estimate of drug-likeness (QED) is 0.713. The maximum Gasteiger partial charge on any atom is 0.226 e. The number of nitrogens with one attached hydrogen (secondary N) is 1. The second-order valence-electron chi connectivity index (χ2n) is 10.2. The van der Waals surface area contributed by atoms with Gasteiger partial charge >= 0.3 is 0 Å². The van der Waals surface area contributed by atoms with Crippen LogP contribution in [0.1, 0.15) is 51.0 Å². The van der Waals surface area contributed by atoms with Gasteiger partial charge in [-0.15, -0.1) is 0 Å². The number of pyridine rings is 1. The zero-order valence-electron chi connectivity index (χ0n) is 19.6. The van der Waals surface area contributed by atoms with Gasteiger partial charge in [0.15, 0.2) is 0 Å². The summed E-state index contributed by atoms with van der Waals surface area (Å²) in [7, 11) is 0. The van der Waals surface area contributed by atoms with Crippen LogP contribution in [-0.4, -0.2) is 41.3 Å². The molecule has 1 aromatic carbocycles. The standard InChI is InChI=1S/C28H35N3O2/c1-2-30-27(33)28(18-20-7-5-8-21(17-20)22-9-6-14-29-19-22)12-15-31(16-13-28)26(32)25-23-10-3-4-11-24(23)25/h5-9,14,17,19,23-25H,2-4,10-13,15-16,18H2,1H3,(H,30,33)/t23-,24+,25?. The molecule has 3 aliphatic rings. The minimum atomic E-state index is -0.462. The first-order chi connectivity index (χ1) is 16.1. The van der Waals surface area contributed by atoms with Gasteiger partial charge in [0.05, 0.1) is 5.41 Å². The summed E-state index contributed by atoms with van der Waals surface area (Å²) in [6.45, 7) is 3.98. The van der Waals surface area contributed by atoms with Crippen LogP contribution in [-0.2, 0) is 16.0 Å². The number of fused-ring (bicyclic) bond motifs is 1. The van der Waals surface area contributed by atoms with E-state index in [1.54, 1.807) is 6.20 Å². The first-order valence-electron chi connectivity index (χ1n) is 12.7. The Labute approximate surface area is 197 Å². The van der Waals surface area contributed by atoms with E-state index in [2.05, 4.69) is 45.5 Å². The third kappa shape index (κ3) is 4.42. The van der Waals surface area contributed by atoms with Crippen LogP contribution in [0.5, 0.6) is 0 Å². The van der Waals surface area contributed by atoms with E-state index in [1.165, 1.54) is 25.7 Å². The average Bonchev–Trinajstić information content (AvgIpc) is 3.59. The molecule has 1 unspecified atom stereocenters. The van der Waals surface area contributed by atoms with E-state index < -0.39 is 5.41 Å². The molecule has 0 radical (unpaired) electrons. The van der Waals surface area contributed by atoms with Crippen LogP contribution in [0.2, 0.25) is 0 Å². The second-order valence-corrected chi connectivity index (χ2v) is 10.2. The Balaban J connectivity index is 1.30. The largest absolute Gasteiger partial charge is 0.356 e. The molecule has 5 rings (SSSR count). The maximum absolute atomic E-state index is 13.3. The highest BCUT2D eigenvalue weighted by Gasteiger charge is 2.56. The van der Waals surface area contributed by atoms with Crippen molar-refractivity contribution in [1.82, 2.24) is 15.2 Å². The third-order valence-corrected chi connectivity index (χ3v) is 8.26. The Kier molecular flexibility index (Phi) is 6.22. The number of rotatable bonds is 6. The van der Waals surface area contributed by atoms with Crippen LogP contribution in [0.3, 0.4) is 0 Å². The van der Waals surface area contributed by atoms with Crippen LogP contribution in [0, 0.1) is 23.2 Å². The number of likely N-dealkylation sites (tertiary alicyclic amines) is 1. The van der Waals surface area contributed by atoms with Gasteiger partial charge in [0, 0.05) is 37.9 Å². The van der Waals surface area contributed by atoms with Crippen molar-refractivity contribution in [3.63, 3.8) is 0 Å². The molecule has 5 heteroatoms. The molecule has 2 amide bonds. The van der Waals surface area contributed by atoms with Crippen molar-refractivity contribution in [2.24, 2.45) is 23.2 Å². The average molecular weight is 446 g/mol. The van der Waals surface area contributed by atoms with Crippen molar-refractivity contribution in [3.8, 4) is 11.1 Å². The topological polar surface area (TPSA) is 62.3 Å². The Bertz CT molecular complexity index is 985. The van der Waals surface area contributed by atoms with Gasteiger partial charge in [-0.25, -0.2) is 0 Å². The Morgan fingerprint density at radius 1 is 1.06 bits per heavy atom. The van der Waals surface area contributed by atoms with Gasteiger partial charge in [-0.2, -0.15) is 0 Å². The van der Waals surface area contributed by atoms with Crippen molar-refractivity contribution in [2.75, 3.05) is 19.6 Å². The summed E-state index contributed by atoms with van der Waals surface area (Å²) >= 11 is 0. The molecule has 0 spiro atoms. The second kappa shape index (κ2) is 9.28. The highest BCUT2D eigenvalue weighted by Crippen LogP contribution is 2.56. The third-order valence-electron chi connectivity index (χ3n) is 8.26. The number of hydrogen-bond acceptors (Lipinski definition) is 3. The zero-order valence-corrected chi connectivity index (χ0v) is 19.6. The summed E-state index contributed by atoms with van der Waals surface area (Å²) in [5.41, 5.74) is 2.90. The summed E-state index contributed by atoms with van der Waals surface area (Å²) in [6, 6.07) is 12.5. The molecule has 174 valence electrons. The lowest BCUT2D eigenvalue weighted by Gasteiger charge is -2.41. The number of carbonyl (C=O) groups excluding carboxylic acids is 2. The fraction of sp³-hybridized carbons (Fsp3) is 0.536. The first-order valence-corrected chi connectivity index (χ1v) is 12.7. The SMILES string of the molecule is CCNC(=O)C1(Cc2cccc(-c3cccnc3)c2)CCN(C(=O)C2[C@H]3CCCC[C@@H]23)CC1. The molecule has 3 fully saturated rings. The summed E-state index contributed by atoms with van der Waals surface area (Å²) in [5.74, 6) is 2.02. The molecule has 2 aromatic rings. The van der Waals surface area contributed by atoms with Crippen LogP contribution in [0.15, 0.2) is 48.8 Å². The van der Waals surface area contributed by atoms with Gasteiger partial charge in [0.2, 0.25) is 11.8 Å². The van der Waals surface area contributed by atoms with Gasteiger partial charge in [0.25, 0.3) is 0 Å². The molecule has 1 aromatic heterocycles. The summed E-state index contributed by atoms with van der Waals surface area (Å²) < 4.78 is 0. The number of piperidine rings is 1. The van der Waals surface area contributed by atoms with Gasteiger partial charge in [-0.05, 0) is 73.6 Å². The Hall–Kier alpha value is -2.69. The molecular weight excluding hydrogens is 410 g/mol. The van der Waals surface area contributed by atoms with E-state index in [-0.39, 0.29) is 11.8 Å². The van der Waals surface area contributed by atoms with Crippen molar-refractivity contribution >= 4 is 11.8 Å². The molecule has 2 heterocycles. The Morgan fingerprint density at radius 3 is 2.45 bits per heavy atom. The highest BCUT2D eigenvalue weighted by molar-refractivity contribution is 5.85. The summed E-state index contributed by atoms with van der Waals surface area (Å²) in [5, 5.41) is 3.09. The van der Waals surface area contributed by atoms with Gasteiger partial charge in [-0.1, -0.05) is 43.2 Å². The Morgan fingerprint density at radius 2 is 1.79 bits per heavy atom. The molecule has 33 heavy (non-hydrogen) atoms. The van der Waals surface area contributed by atoms with E-state index >= 15 is 0 Å². The molecule has 1 aliphatic heterocycles. The van der Waals surface area contributed by atoms with Gasteiger partial charge in [0.1, 0.15) is 0 Å². The fourth-order valence-corrected chi connectivity index (χ4v) is 6.34. The molecular formula is C28H35N3O2. The fourth-order valence-electron chi connectivity index (χ4n) is 6.34. The summed E-state index contributed by atoms with van der Waals surface area (Å²) in [4.78, 5) is 32.8. The predicted octanol–water partition coefficient (Wildman–Crippen LogP) is 4.47. The highest BCUT2D eigenvalue weighted by atomic mass is 16.2. The molecule has 1 N–H and O–H groups in total. The van der Waals surface area contributed by atoms with Crippen LogP contribution in [0.4, 0.5) is 0 Å². The number of aromatic nitrogens is 1. The predicted molar refractivity (Wildman–Crippen MR) is 129 cm³/mol. The lowest BCUT2D eigenvalue weighted by Crippen LogP contribution is -2.51. The number of benzene rings is 1. The maximum atomic E-state index is 13.3. The van der Waals surface area contributed by atoms with Crippen LogP contribution in [0.25, 0.3) is 11.1 Å². The smallest absolute Gasteiger partial charge is 0.226 e. The van der Waals surface area contributed by atoms with Crippen molar-refractivity contribution in [1.29, 1.82) is 0 Å². The molecule has 5 nitrogen and oxygen atoms in total. The van der Waals surface area contributed by atoms with Gasteiger partial charge < -0.3 is 10.2 Å².